The van der Waals surface area contributed by atoms with Crippen LogP contribution in [0.4, 0.5) is 0 Å². The van der Waals surface area contributed by atoms with E-state index >= 15 is 0 Å². The molecule has 0 spiro atoms. The third-order valence-electron chi connectivity index (χ3n) is 6.81. The van der Waals surface area contributed by atoms with Gasteiger partial charge in [-0.25, -0.2) is 13.1 Å². The number of ether oxygens (including phenoxy) is 1. The molecule has 0 N–H and O–H groups in total. The number of hydrogen-bond donors (Lipinski definition) is 0. The van der Waals surface area contributed by atoms with Gasteiger partial charge < -0.3 is 4.74 Å². The lowest BCUT2D eigenvalue weighted by atomic mass is 10.0. The summed E-state index contributed by atoms with van der Waals surface area (Å²) in [5, 5.41) is 4.83. The van der Waals surface area contributed by atoms with Gasteiger partial charge in [0.25, 0.3) is 5.91 Å². The van der Waals surface area contributed by atoms with Crippen LogP contribution in [0, 0.1) is 5.92 Å². The molecule has 0 saturated carbocycles. The Balaban J connectivity index is 1.56. The standard InChI is InChI=1S/C28H30N4O4S3/c1-20-8-7-13-30(18-20)39(34,35)24-12-6-9-21(16-24)26-22(19-32(29-26)23-10-4-3-5-11-23)17-25-27(33)31(14-15-36-2)28(37)38-25/h3-6,9-12,16-17,19-20H,7-8,13-15,18H2,1-2H3. The molecule has 1 amide bonds. The molecule has 1 unspecified atom stereocenters. The van der Waals surface area contributed by atoms with Crippen LogP contribution in [0.5, 0.6) is 0 Å². The number of rotatable bonds is 8. The number of sulfonamides is 1. The number of hydrogen-bond acceptors (Lipinski definition) is 7. The summed E-state index contributed by atoms with van der Waals surface area (Å²) in [4.78, 5) is 15.4. The molecule has 39 heavy (non-hydrogen) atoms. The summed E-state index contributed by atoms with van der Waals surface area (Å²) in [5.74, 6) is 0.142. The molecule has 1 atom stereocenters. The van der Waals surface area contributed by atoms with Crippen molar-refractivity contribution >= 4 is 50.3 Å². The van der Waals surface area contributed by atoms with E-state index in [2.05, 4.69) is 6.92 Å². The van der Waals surface area contributed by atoms with Gasteiger partial charge in [0.05, 0.1) is 28.6 Å². The summed E-state index contributed by atoms with van der Waals surface area (Å²) < 4.78 is 36.0. The molecule has 8 nitrogen and oxygen atoms in total. The van der Waals surface area contributed by atoms with Crippen molar-refractivity contribution in [3.8, 4) is 16.9 Å². The Hall–Kier alpha value is -2.83. The quantitative estimate of drug-likeness (QED) is 0.279. The predicted octanol–water partition coefficient (Wildman–Crippen LogP) is 4.81. The fourth-order valence-corrected chi connectivity index (χ4v) is 7.71. The number of methoxy groups -OCH3 is 1. The number of thioether (sulfide) groups is 1. The normalized spacial score (nSPS) is 19.8. The summed E-state index contributed by atoms with van der Waals surface area (Å²) in [6.07, 6.45) is 5.51. The van der Waals surface area contributed by atoms with Crippen molar-refractivity contribution in [2.75, 3.05) is 33.4 Å². The summed E-state index contributed by atoms with van der Waals surface area (Å²) in [6.45, 7) is 3.89. The van der Waals surface area contributed by atoms with Crippen LogP contribution in [0.3, 0.4) is 0 Å². The number of para-hydroxylation sites is 1. The van der Waals surface area contributed by atoms with Crippen LogP contribution in [-0.4, -0.2) is 71.0 Å². The summed E-state index contributed by atoms with van der Waals surface area (Å²) >= 11 is 6.68. The van der Waals surface area contributed by atoms with Crippen LogP contribution >= 0.6 is 24.0 Å². The maximum atomic E-state index is 13.5. The molecular weight excluding hydrogens is 553 g/mol. The van der Waals surface area contributed by atoms with Crippen LogP contribution in [0.25, 0.3) is 23.0 Å². The van der Waals surface area contributed by atoms with Crippen molar-refractivity contribution in [2.45, 2.75) is 24.7 Å². The fraction of sp³-hybridized carbons (Fsp3) is 0.321. The number of amides is 1. The zero-order valence-electron chi connectivity index (χ0n) is 21.8. The number of aromatic nitrogens is 2. The SMILES string of the molecule is COCCN1C(=O)C(=Cc2cn(-c3ccccc3)nc2-c2cccc(S(=O)(=O)N3CCCC(C)C3)c2)SC1=S. The molecule has 2 aromatic carbocycles. The Morgan fingerprint density at radius 2 is 1.97 bits per heavy atom. The van der Waals surface area contributed by atoms with Gasteiger partial charge >= 0.3 is 0 Å². The minimum Gasteiger partial charge on any atom is -0.383 e. The first-order valence-electron chi connectivity index (χ1n) is 12.8. The van der Waals surface area contributed by atoms with Crippen molar-refractivity contribution in [3.63, 3.8) is 0 Å². The highest BCUT2D eigenvalue weighted by atomic mass is 32.2. The predicted molar refractivity (Wildman–Crippen MR) is 158 cm³/mol. The average molecular weight is 583 g/mol. The lowest BCUT2D eigenvalue weighted by molar-refractivity contribution is -0.122. The van der Waals surface area contributed by atoms with E-state index in [0.29, 0.717) is 58.2 Å². The Labute approximate surface area is 238 Å². The molecular formula is C28H30N4O4S3. The minimum absolute atomic E-state index is 0.184. The number of nitrogens with zero attached hydrogens (tertiary/aromatic N) is 4. The Morgan fingerprint density at radius 1 is 1.18 bits per heavy atom. The Kier molecular flexibility index (Phi) is 8.34. The highest BCUT2D eigenvalue weighted by Crippen LogP contribution is 2.35. The van der Waals surface area contributed by atoms with E-state index in [9.17, 15) is 13.2 Å². The molecule has 2 saturated heterocycles. The molecule has 2 aliphatic heterocycles. The fourth-order valence-electron chi connectivity index (χ4n) is 4.76. The number of piperidine rings is 1. The summed E-state index contributed by atoms with van der Waals surface area (Å²) in [5.41, 5.74) is 2.76. The monoisotopic (exact) mass is 582 g/mol. The van der Waals surface area contributed by atoms with Gasteiger partial charge in [-0.1, -0.05) is 61.2 Å². The third kappa shape index (κ3) is 5.87. The molecule has 3 aromatic rings. The van der Waals surface area contributed by atoms with Gasteiger partial charge in [0.1, 0.15) is 10.0 Å². The molecule has 5 rings (SSSR count). The van der Waals surface area contributed by atoms with Crippen molar-refractivity contribution in [1.82, 2.24) is 19.0 Å². The van der Waals surface area contributed by atoms with Gasteiger partial charge in [-0.05, 0) is 49.1 Å². The lowest BCUT2D eigenvalue weighted by Gasteiger charge is -2.30. The first-order valence-corrected chi connectivity index (χ1v) is 15.4. The van der Waals surface area contributed by atoms with E-state index in [4.69, 9.17) is 22.1 Å². The molecule has 204 valence electrons. The number of carbonyl (C=O) groups is 1. The van der Waals surface area contributed by atoms with E-state index < -0.39 is 10.0 Å². The molecule has 0 bridgehead atoms. The van der Waals surface area contributed by atoms with Crippen molar-refractivity contribution in [1.29, 1.82) is 0 Å². The minimum atomic E-state index is -3.65. The second-order valence-corrected chi connectivity index (χ2v) is 13.3. The smallest absolute Gasteiger partial charge is 0.266 e. The number of carbonyl (C=O) groups excluding carboxylic acids is 1. The van der Waals surface area contributed by atoms with Gasteiger partial charge in [0.2, 0.25) is 10.0 Å². The maximum Gasteiger partial charge on any atom is 0.266 e. The van der Waals surface area contributed by atoms with E-state index in [-0.39, 0.29) is 10.8 Å². The van der Waals surface area contributed by atoms with E-state index in [1.807, 2.05) is 42.6 Å². The zero-order chi connectivity index (χ0) is 27.6. The lowest BCUT2D eigenvalue weighted by Crippen LogP contribution is -2.39. The molecule has 3 heterocycles. The first kappa shape index (κ1) is 27.7. The second kappa shape index (κ2) is 11.7. The van der Waals surface area contributed by atoms with Gasteiger partial charge in [0, 0.05) is 37.5 Å². The summed E-state index contributed by atoms with van der Waals surface area (Å²) in [6, 6.07) is 16.5. The topological polar surface area (TPSA) is 84.7 Å². The number of thiocarbonyl (C=S) groups is 1. The molecule has 2 fully saturated rings. The molecule has 0 aliphatic carbocycles. The number of benzene rings is 2. The molecule has 11 heteroatoms. The van der Waals surface area contributed by atoms with Gasteiger partial charge in [-0.3, -0.25) is 9.69 Å². The van der Waals surface area contributed by atoms with Gasteiger partial charge in [0.15, 0.2) is 0 Å². The highest BCUT2D eigenvalue weighted by molar-refractivity contribution is 8.26. The highest BCUT2D eigenvalue weighted by Gasteiger charge is 2.32. The second-order valence-electron chi connectivity index (χ2n) is 9.68. The van der Waals surface area contributed by atoms with E-state index in [1.54, 1.807) is 40.4 Å². The maximum absolute atomic E-state index is 13.5. The van der Waals surface area contributed by atoms with Crippen LogP contribution < -0.4 is 0 Å². The summed E-state index contributed by atoms with van der Waals surface area (Å²) in [7, 11) is -2.07. The van der Waals surface area contributed by atoms with Crippen LogP contribution in [-0.2, 0) is 19.6 Å². The average Bonchev–Trinajstić information content (AvgIpc) is 3.48. The van der Waals surface area contributed by atoms with E-state index in [0.717, 1.165) is 18.5 Å². The zero-order valence-corrected chi connectivity index (χ0v) is 24.3. The largest absolute Gasteiger partial charge is 0.383 e. The Bertz CT molecular complexity index is 1520. The van der Waals surface area contributed by atoms with Crippen LogP contribution in [0.15, 0.2) is 70.6 Å². The van der Waals surface area contributed by atoms with Crippen LogP contribution in [0.2, 0.25) is 0 Å². The van der Waals surface area contributed by atoms with Gasteiger partial charge in [-0.15, -0.1) is 0 Å². The molecule has 0 radical (unpaired) electrons. The third-order valence-corrected chi connectivity index (χ3v) is 10.0. The van der Waals surface area contributed by atoms with Gasteiger partial charge in [-0.2, -0.15) is 9.40 Å². The van der Waals surface area contributed by atoms with Crippen molar-refractivity contribution in [2.24, 2.45) is 5.92 Å². The van der Waals surface area contributed by atoms with Crippen molar-refractivity contribution in [3.05, 3.63) is 71.3 Å². The van der Waals surface area contributed by atoms with E-state index in [1.165, 1.54) is 16.7 Å². The molecule has 2 aliphatic rings. The first-order chi connectivity index (χ1) is 18.8. The van der Waals surface area contributed by atoms with Crippen molar-refractivity contribution < 1.29 is 17.9 Å². The Morgan fingerprint density at radius 3 is 2.72 bits per heavy atom. The molecule has 1 aromatic heterocycles. The van der Waals surface area contributed by atoms with Crippen LogP contribution in [0.1, 0.15) is 25.3 Å².